The maximum Gasteiger partial charge on any atom is 0.250 e. The summed E-state index contributed by atoms with van der Waals surface area (Å²) in [5.74, 6) is -0.287. The SMILES string of the molecule is C=CC(C)(C)N1c2ccccc2[C@@]2(O)C[C@H]3C(=O)N4C=CC(C)(C)c5[nH]c6ccccc6c5C[C@H]4C(=O)N3[C@H]12. The van der Waals surface area contributed by atoms with E-state index in [2.05, 4.69) is 36.4 Å². The number of aliphatic hydroxyl groups is 1. The van der Waals surface area contributed by atoms with Gasteiger partial charge in [-0.15, -0.1) is 6.58 Å². The van der Waals surface area contributed by atoms with E-state index in [1.807, 2.05) is 68.5 Å². The number of hydrogen-bond acceptors (Lipinski definition) is 4. The van der Waals surface area contributed by atoms with Gasteiger partial charge >= 0.3 is 0 Å². The van der Waals surface area contributed by atoms with Crippen molar-refractivity contribution in [3.63, 3.8) is 0 Å². The number of nitrogens with one attached hydrogen (secondary N) is 1. The Morgan fingerprint density at radius 2 is 1.77 bits per heavy atom. The smallest absolute Gasteiger partial charge is 0.250 e. The number of carbonyl (C=O) groups excluding carboxylic acids is 2. The van der Waals surface area contributed by atoms with Gasteiger partial charge in [0.05, 0.1) is 5.54 Å². The van der Waals surface area contributed by atoms with Gasteiger partial charge < -0.3 is 24.8 Å². The van der Waals surface area contributed by atoms with Crippen molar-refractivity contribution < 1.29 is 14.7 Å². The summed E-state index contributed by atoms with van der Waals surface area (Å²) >= 11 is 0. The number of amides is 2. The van der Waals surface area contributed by atoms with Crippen LogP contribution in [-0.2, 0) is 27.0 Å². The Morgan fingerprint density at radius 1 is 1.05 bits per heavy atom. The van der Waals surface area contributed by atoms with Gasteiger partial charge in [-0.05, 0) is 31.5 Å². The summed E-state index contributed by atoms with van der Waals surface area (Å²) < 4.78 is 0. The Morgan fingerprint density at radius 3 is 2.54 bits per heavy atom. The Hall–Kier alpha value is -3.84. The van der Waals surface area contributed by atoms with Crippen LogP contribution in [0.25, 0.3) is 10.9 Å². The highest BCUT2D eigenvalue weighted by molar-refractivity contribution is 6.00. The Kier molecular flexibility index (Phi) is 4.74. The molecule has 39 heavy (non-hydrogen) atoms. The Bertz CT molecular complexity index is 1600. The van der Waals surface area contributed by atoms with Crippen molar-refractivity contribution in [2.75, 3.05) is 4.90 Å². The lowest BCUT2D eigenvalue weighted by atomic mass is 9.82. The van der Waals surface area contributed by atoms with Gasteiger partial charge in [-0.3, -0.25) is 9.59 Å². The summed E-state index contributed by atoms with van der Waals surface area (Å²) in [6.07, 6.45) is 5.49. The van der Waals surface area contributed by atoms with E-state index in [4.69, 9.17) is 0 Å². The van der Waals surface area contributed by atoms with E-state index in [0.29, 0.717) is 6.42 Å². The van der Waals surface area contributed by atoms with Crippen molar-refractivity contribution in [1.82, 2.24) is 14.8 Å². The van der Waals surface area contributed by atoms with Gasteiger partial charge in [0, 0.05) is 52.3 Å². The lowest BCUT2D eigenvalue weighted by Crippen LogP contribution is -2.67. The van der Waals surface area contributed by atoms with Crippen molar-refractivity contribution in [1.29, 1.82) is 0 Å². The molecule has 2 aromatic carbocycles. The number of anilines is 1. The van der Waals surface area contributed by atoms with E-state index in [1.165, 1.54) is 0 Å². The second kappa shape index (κ2) is 7.63. The molecular weight excluding hydrogens is 488 g/mol. The lowest BCUT2D eigenvalue weighted by molar-refractivity contribution is -0.159. The molecule has 200 valence electrons. The van der Waals surface area contributed by atoms with Crippen LogP contribution in [0, 0.1) is 0 Å². The number of benzene rings is 2. The van der Waals surface area contributed by atoms with Crippen molar-refractivity contribution in [3.8, 4) is 0 Å². The summed E-state index contributed by atoms with van der Waals surface area (Å²) in [6.45, 7) is 12.4. The zero-order valence-corrected chi connectivity index (χ0v) is 22.8. The molecule has 7 nitrogen and oxygen atoms in total. The molecule has 1 aromatic heterocycles. The molecule has 7 rings (SSSR count). The third-order valence-corrected chi connectivity index (χ3v) is 9.45. The summed E-state index contributed by atoms with van der Waals surface area (Å²) in [5, 5.41) is 13.4. The fourth-order valence-electron chi connectivity index (χ4n) is 7.36. The first-order chi connectivity index (χ1) is 18.5. The van der Waals surface area contributed by atoms with E-state index >= 15 is 0 Å². The molecule has 5 heterocycles. The quantitative estimate of drug-likeness (QED) is 0.491. The van der Waals surface area contributed by atoms with Crippen molar-refractivity contribution in [3.05, 3.63) is 90.3 Å². The second-order valence-electron chi connectivity index (χ2n) is 12.5. The molecule has 0 saturated carbocycles. The first-order valence-corrected chi connectivity index (χ1v) is 13.7. The van der Waals surface area contributed by atoms with E-state index in [-0.39, 0.29) is 23.7 Å². The van der Waals surface area contributed by atoms with Crippen LogP contribution in [0.4, 0.5) is 5.69 Å². The number of fused-ring (bicyclic) bond motifs is 9. The zero-order chi connectivity index (χ0) is 27.5. The molecule has 3 aromatic rings. The minimum atomic E-state index is -1.37. The molecule has 2 N–H and O–H groups in total. The number of aromatic nitrogens is 1. The molecule has 4 aliphatic heterocycles. The van der Waals surface area contributed by atoms with E-state index in [0.717, 1.165) is 33.4 Å². The minimum absolute atomic E-state index is 0.140. The molecule has 0 unspecified atom stereocenters. The van der Waals surface area contributed by atoms with Gasteiger partial charge in [-0.25, -0.2) is 0 Å². The number of nitrogens with zero attached hydrogens (tertiary/aromatic N) is 3. The molecule has 2 amide bonds. The van der Waals surface area contributed by atoms with Crippen LogP contribution in [0.3, 0.4) is 0 Å². The first kappa shape index (κ1) is 24.2. The fraction of sp³-hybridized carbons (Fsp3) is 0.375. The zero-order valence-electron chi connectivity index (χ0n) is 22.8. The molecule has 7 heteroatoms. The number of H-pyrrole nitrogens is 1. The summed E-state index contributed by atoms with van der Waals surface area (Å²) in [6, 6.07) is 14.4. The van der Waals surface area contributed by atoms with Crippen LogP contribution in [0.5, 0.6) is 0 Å². The van der Waals surface area contributed by atoms with Gasteiger partial charge in [-0.1, -0.05) is 62.4 Å². The highest BCUT2D eigenvalue weighted by Gasteiger charge is 2.67. The highest BCUT2D eigenvalue weighted by Crippen LogP contribution is 2.56. The number of hydrogen-bond donors (Lipinski definition) is 2. The van der Waals surface area contributed by atoms with Gasteiger partial charge in [0.25, 0.3) is 0 Å². The van der Waals surface area contributed by atoms with Crippen LogP contribution >= 0.6 is 0 Å². The standard InChI is InChI=1S/C32H34N4O3/c1-6-31(4,5)36-23-14-10-8-12-21(23)32(39)18-25-27(37)34-16-15-30(2,3)26-20(19-11-7-9-13-22(19)33-26)17-24(34)28(38)35(25)29(32)36/h6-16,24-25,29,33,39H,1,17-18H2,2-5H3/t24-,25-,29+,32-/m0/s1. The van der Waals surface area contributed by atoms with Crippen molar-refractivity contribution >= 4 is 28.4 Å². The first-order valence-electron chi connectivity index (χ1n) is 13.7. The topological polar surface area (TPSA) is 79.9 Å². The maximum atomic E-state index is 14.6. The van der Waals surface area contributed by atoms with Gasteiger partial charge in [0.2, 0.25) is 11.8 Å². The molecule has 0 bridgehead atoms. The number of rotatable bonds is 2. The number of allylic oxidation sites excluding steroid dienone is 1. The third-order valence-electron chi connectivity index (χ3n) is 9.45. The van der Waals surface area contributed by atoms with Crippen LogP contribution in [0.2, 0.25) is 0 Å². The molecule has 4 atom stereocenters. The Labute approximate surface area is 228 Å². The largest absolute Gasteiger partial charge is 0.381 e. The average Bonchev–Trinajstić information content (AvgIpc) is 3.51. The lowest BCUT2D eigenvalue weighted by Gasteiger charge is -2.49. The number of aromatic amines is 1. The van der Waals surface area contributed by atoms with Crippen LogP contribution in [-0.4, -0.2) is 55.5 Å². The van der Waals surface area contributed by atoms with Gasteiger partial charge in [-0.2, -0.15) is 0 Å². The van der Waals surface area contributed by atoms with E-state index < -0.39 is 29.4 Å². The average molecular weight is 523 g/mol. The maximum absolute atomic E-state index is 14.6. The predicted octanol–water partition coefficient (Wildman–Crippen LogP) is 4.33. The van der Waals surface area contributed by atoms with E-state index in [9.17, 15) is 14.7 Å². The molecular formula is C32H34N4O3. The Balaban J connectivity index is 1.39. The van der Waals surface area contributed by atoms with Gasteiger partial charge in [0.15, 0.2) is 0 Å². The number of para-hydroxylation sites is 2. The molecule has 4 aliphatic rings. The second-order valence-corrected chi connectivity index (χ2v) is 12.5. The fourth-order valence-corrected chi connectivity index (χ4v) is 7.36. The monoisotopic (exact) mass is 522 g/mol. The minimum Gasteiger partial charge on any atom is -0.381 e. The van der Waals surface area contributed by atoms with Gasteiger partial charge in [0.1, 0.15) is 23.9 Å². The predicted molar refractivity (Wildman–Crippen MR) is 151 cm³/mol. The third kappa shape index (κ3) is 3.02. The molecule has 2 saturated heterocycles. The molecule has 0 aliphatic carbocycles. The molecule has 0 spiro atoms. The normalized spacial score (nSPS) is 28.9. The number of piperazine rings is 1. The van der Waals surface area contributed by atoms with Crippen molar-refractivity contribution in [2.45, 2.75) is 75.3 Å². The van der Waals surface area contributed by atoms with Crippen LogP contribution in [0.15, 0.2) is 73.5 Å². The highest BCUT2D eigenvalue weighted by atomic mass is 16.3. The summed E-state index contributed by atoms with van der Waals surface area (Å²) in [4.78, 5) is 37.8. The van der Waals surface area contributed by atoms with Crippen LogP contribution in [0.1, 0.15) is 50.9 Å². The van der Waals surface area contributed by atoms with E-state index in [1.54, 1.807) is 16.0 Å². The summed E-state index contributed by atoms with van der Waals surface area (Å²) in [7, 11) is 0. The number of carbonyl (C=O) groups is 2. The molecule has 2 fully saturated rings. The van der Waals surface area contributed by atoms with Crippen molar-refractivity contribution in [2.24, 2.45) is 0 Å². The molecule has 0 radical (unpaired) electrons. The summed E-state index contributed by atoms with van der Waals surface area (Å²) in [5.41, 5.74) is 2.44. The van der Waals surface area contributed by atoms with Crippen LogP contribution < -0.4 is 4.90 Å².